The quantitative estimate of drug-likeness (QED) is 0.548. The summed E-state index contributed by atoms with van der Waals surface area (Å²) in [5.41, 5.74) is 0. The van der Waals surface area contributed by atoms with Crippen molar-refractivity contribution in [1.82, 2.24) is 10.6 Å². The van der Waals surface area contributed by atoms with E-state index in [9.17, 15) is 4.39 Å². The van der Waals surface area contributed by atoms with Gasteiger partial charge in [-0.3, -0.25) is 0 Å². The molecule has 1 heterocycles. The molecule has 0 aromatic carbocycles. The van der Waals surface area contributed by atoms with Gasteiger partial charge in [-0.2, -0.15) is 0 Å². The summed E-state index contributed by atoms with van der Waals surface area (Å²) in [5, 5.41) is 6.07. The van der Waals surface area contributed by atoms with E-state index in [1.807, 2.05) is 7.05 Å². The molecule has 0 aliphatic carbocycles. The second-order valence-electron chi connectivity index (χ2n) is 2.50. The molecule has 3 heteroatoms. The van der Waals surface area contributed by atoms with Gasteiger partial charge in [0.2, 0.25) is 0 Å². The van der Waals surface area contributed by atoms with Crippen molar-refractivity contribution in [2.75, 3.05) is 20.1 Å². The van der Waals surface area contributed by atoms with Crippen molar-refractivity contribution in [2.24, 2.45) is 0 Å². The highest BCUT2D eigenvalue weighted by atomic mass is 19.1. The van der Waals surface area contributed by atoms with Gasteiger partial charge < -0.3 is 10.6 Å². The van der Waals surface area contributed by atoms with E-state index in [2.05, 4.69) is 10.6 Å². The molecule has 0 radical (unpaired) electrons. The van der Waals surface area contributed by atoms with Crippen LogP contribution in [0.1, 0.15) is 6.42 Å². The van der Waals surface area contributed by atoms with Gasteiger partial charge in [-0.1, -0.05) is 0 Å². The first-order chi connectivity index (χ1) is 4.33. The Morgan fingerprint density at radius 1 is 1.78 bits per heavy atom. The van der Waals surface area contributed by atoms with Crippen LogP contribution in [0.5, 0.6) is 0 Å². The van der Waals surface area contributed by atoms with Crippen LogP contribution in [-0.4, -0.2) is 32.4 Å². The fourth-order valence-electron chi connectivity index (χ4n) is 1.17. The SMILES string of the molecule is CNCC1CC(F)CN1. The van der Waals surface area contributed by atoms with E-state index in [1.165, 1.54) is 0 Å². The van der Waals surface area contributed by atoms with Gasteiger partial charge in [0.15, 0.2) is 0 Å². The molecule has 2 atom stereocenters. The van der Waals surface area contributed by atoms with E-state index in [1.54, 1.807) is 0 Å². The number of hydrogen-bond acceptors (Lipinski definition) is 2. The molecule has 1 saturated heterocycles. The summed E-state index contributed by atoms with van der Waals surface area (Å²) in [7, 11) is 1.88. The van der Waals surface area contributed by atoms with Crippen LogP contribution in [-0.2, 0) is 0 Å². The minimum absolute atomic E-state index is 0.352. The van der Waals surface area contributed by atoms with Crippen LogP contribution in [0.4, 0.5) is 4.39 Å². The molecular weight excluding hydrogens is 119 g/mol. The Bertz CT molecular complexity index is 85.1. The summed E-state index contributed by atoms with van der Waals surface area (Å²) in [6.45, 7) is 1.41. The van der Waals surface area contributed by atoms with Crippen LogP contribution in [0, 0.1) is 0 Å². The molecule has 0 aromatic heterocycles. The van der Waals surface area contributed by atoms with Crippen LogP contribution < -0.4 is 10.6 Å². The van der Waals surface area contributed by atoms with Crippen LogP contribution in [0.15, 0.2) is 0 Å². The first-order valence-electron chi connectivity index (χ1n) is 3.35. The zero-order chi connectivity index (χ0) is 6.69. The summed E-state index contributed by atoms with van der Waals surface area (Å²) >= 11 is 0. The van der Waals surface area contributed by atoms with Gasteiger partial charge in [-0.15, -0.1) is 0 Å². The number of halogens is 1. The maximum absolute atomic E-state index is 12.4. The summed E-state index contributed by atoms with van der Waals surface area (Å²) in [6.07, 6.45) is 0.0456. The van der Waals surface area contributed by atoms with Crippen LogP contribution in [0.3, 0.4) is 0 Å². The third-order valence-corrected chi connectivity index (χ3v) is 1.62. The van der Waals surface area contributed by atoms with Crippen molar-refractivity contribution < 1.29 is 4.39 Å². The highest BCUT2D eigenvalue weighted by Crippen LogP contribution is 2.08. The summed E-state index contributed by atoms with van der Waals surface area (Å²) in [4.78, 5) is 0. The lowest BCUT2D eigenvalue weighted by molar-refractivity contribution is 0.354. The van der Waals surface area contributed by atoms with Crippen LogP contribution in [0.2, 0.25) is 0 Å². The second-order valence-corrected chi connectivity index (χ2v) is 2.50. The maximum atomic E-state index is 12.4. The van der Waals surface area contributed by atoms with Gasteiger partial charge >= 0.3 is 0 Å². The Kier molecular flexibility index (Phi) is 2.42. The Morgan fingerprint density at radius 2 is 2.56 bits per heavy atom. The topological polar surface area (TPSA) is 24.1 Å². The summed E-state index contributed by atoms with van der Waals surface area (Å²) < 4.78 is 12.4. The number of alkyl halides is 1. The molecule has 2 unspecified atom stereocenters. The lowest BCUT2D eigenvalue weighted by Gasteiger charge is -2.06. The van der Waals surface area contributed by atoms with E-state index in [0.717, 1.165) is 6.54 Å². The Labute approximate surface area is 54.8 Å². The van der Waals surface area contributed by atoms with E-state index < -0.39 is 6.17 Å². The maximum Gasteiger partial charge on any atom is 0.114 e. The van der Waals surface area contributed by atoms with Gasteiger partial charge in [0, 0.05) is 19.1 Å². The lowest BCUT2D eigenvalue weighted by Crippen LogP contribution is -2.31. The monoisotopic (exact) mass is 132 g/mol. The number of rotatable bonds is 2. The predicted octanol–water partition coefficient (Wildman–Crippen LogP) is -0.0942. The normalized spacial score (nSPS) is 35.3. The molecule has 54 valence electrons. The minimum Gasteiger partial charge on any atom is -0.318 e. The number of nitrogens with one attached hydrogen (secondary N) is 2. The molecule has 0 saturated carbocycles. The zero-order valence-corrected chi connectivity index (χ0v) is 5.65. The highest BCUT2D eigenvalue weighted by molar-refractivity contribution is 4.82. The van der Waals surface area contributed by atoms with E-state index >= 15 is 0 Å². The molecule has 0 aromatic rings. The fourth-order valence-corrected chi connectivity index (χ4v) is 1.17. The summed E-state index contributed by atoms with van der Waals surface area (Å²) in [6, 6.07) is 0.352. The molecule has 9 heavy (non-hydrogen) atoms. The predicted molar refractivity (Wildman–Crippen MR) is 35.2 cm³/mol. The molecule has 1 fully saturated rings. The van der Waals surface area contributed by atoms with Crippen molar-refractivity contribution in [2.45, 2.75) is 18.6 Å². The van der Waals surface area contributed by atoms with Gasteiger partial charge in [0.25, 0.3) is 0 Å². The molecular formula is C6H13FN2. The lowest BCUT2D eigenvalue weighted by atomic mass is 10.2. The zero-order valence-electron chi connectivity index (χ0n) is 5.65. The van der Waals surface area contributed by atoms with Crippen LogP contribution >= 0.6 is 0 Å². The molecule has 2 nitrogen and oxygen atoms in total. The van der Waals surface area contributed by atoms with Gasteiger partial charge in [0.1, 0.15) is 6.17 Å². The molecule has 1 rings (SSSR count). The average molecular weight is 132 g/mol. The molecule has 2 N–H and O–H groups in total. The van der Waals surface area contributed by atoms with Crippen molar-refractivity contribution in [3.05, 3.63) is 0 Å². The van der Waals surface area contributed by atoms with Crippen molar-refractivity contribution in [1.29, 1.82) is 0 Å². The van der Waals surface area contributed by atoms with E-state index in [-0.39, 0.29) is 0 Å². The molecule has 0 amide bonds. The van der Waals surface area contributed by atoms with Gasteiger partial charge in [-0.25, -0.2) is 4.39 Å². The van der Waals surface area contributed by atoms with Gasteiger partial charge in [-0.05, 0) is 13.5 Å². The van der Waals surface area contributed by atoms with Crippen molar-refractivity contribution >= 4 is 0 Å². The first-order valence-corrected chi connectivity index (χ1v) is 3.35. The Morgan fingerprint density at radius 3 is 3.00 bits per heavy atom. The molecule has 0 bridgehead atoms. The third-order valence-electron chi connectivity index (χ3n) is 1.62. The van der Waals surface area contributed by atoms with E-state index in [0.29, 0.717) is 19.0 Å². The Hall–Kier alpha value is -0.150. The minimum atomic E-state index is -0.622. The van der Waals surface area contributed by atoms with Crippen LogP contribution in [0.25, 0.3) is 0 Å². The first kappa shape index (κ1) is 6.96. The Balaban J connectivity index is 2.14. The molecule has 1 aliphatic heterocycles. The van der Waals surface area contributed by atoms with Crippen molar-refractivity contribution in [3.8, 4) is 0 Å². The number of likely N-dealkylation sites (N-methyl/N-ethyl adjacent to an activating group) is 1. The van der Waals surface area contributed by atoms with E-state index in [4.69, 9.17) is 0 Å². The average Bonchev–Trinajstić information content (AvgIpc) is 2.17. The fraction of sp³-hybridized carbons (Fsp3) is 1.00. The van der Waals surface area contributed by atoms with Gasteiger partial charge in [0.05, 0.1) is 0 Å². The smallest absolute Gasteiger partial charge is 0.114 e. The number of hydrogen-bond donors (Lipinski definition) is 2. The molecule has 0 spiro atoms. The second kappa shape index (κ2) is 3.13. The summed E-state index contributed by atoms with van der Waals surface area (Å²) in [5.74, 6) is 0. The third kappa shape index (κ3) is 1.91. The van der Waals surface area contributed by atoms with Crippen molar-refractivity contribution in [3.63, 3.8) is 0 Å². The highest BCUT2D eigenvalue weighted by Gasteiger charge is 2.21. The standard InChI is InChI=1S/C6H13FN2/c1-8-4-6-2-5(7)3-9-6/h5-6,8-9H,2-4H2,1H3. The molecule has 1 aliphatic rings. The largest absolute Gasteiger partial charge is 0.318 e.